The summed E-state index contributed by atoms with van der Waals surface area (Å²) in [6, 6.07) is 25.3. The van der Waals surface area contributed by atoms with Gasteiger partial charge in [0.15, 0.2) is 4.80 Å². The van der Waals surface area contributed by atoms with E-state index in [0.29, 0.717) is 27.2 Å². The summed E-state index contributed by atoms with van der Waals surface area (Å²) in [5, 5.41) is 4.05. The number of carbonyl (C=O) groups excluding carboxylic acids is 1. The van der Waals surface area contributed by atoms with Crippen LogP contribution in [0.3, 0.4) is 0 Å². The molecule has 1 aromatic heterocycles. The normalized spacial score (nSPS) is 15.2. The number of benzene rings is 4. The maximum Gasteiger partial charge on any atom is 0.338 e. The first-order chi connectivity index (χ1) is 20.0. The van der Waals surface area contributed by atoms with Gasteiger partial charge in [-0.25, -0.2) is 9.79 Å². The molecule has 0 saturated carbocycles. The summed E-state index contributed by atoms with van der Waals surface area (Å²) < 4.78 is 13.8. The quantitative estimate of drug-likeness (QED) is 0.232. The molecule has 1 aliphatic heterocycles. The zero-order chi connectivity index (χ0) is 28.5. The highest BCUT2D eigenvalue weighted by atomic mass is 32.1. The molecule has 0 unspecified atom stereocenters. The highest BCUT2D eigenvalue weighted by molar-refractivity contribution is 7.07. The zero-order valence-corrected chi connectivity index (χ0v) is 24.0. The molecular weight excluding hydrogens is 532 g/mol. The number of ether oxygens (including phenoxy) is 2. The Labute approximate surface area is 241 Å². The van der Waals surface area contributed by atoms with Crippen LogP contribution in [0.25, 0.3) is 27.6 Å². The maximum absolute atomic E-state index is 14.3. The van der Waals surface area contributed by atoms with Crippen LogP contribution < -0.4 is 19.6 Å². The molecule has 0 bridgehead atoms. The summed E-state index contributed by atoms with van der Waals surface area (Å²) in [6.45, 7) is 6.45. The minimum Gasteiger partial charge on any atom is -0.493 e. The van der Waals surface area contributed by atoms with Crippen LogP contribution in [0.2, 0.25) is 0 Å². The number of thiazole rings is 1. The van der Waals surface area contributed by atoms with Crippen molar-refractivity contribution in [2.75, 3.05) is 13.2 Å². The Hall–Kier alpha value is -4.49. The summed E-state index contributed by atoms with van der Waals surface area (Å²) in [6.07, 6.45) is 2.77. The molecule has 1 atom stereocenters. The number of fused-ring (bicyclic) bond motifs is 3. The lowest BCUT2D eigenvalue weighted by Gasteiger charge is -2.25. The summed E-state index contributed by atoms with van der Waals surface area (Å²) in [5.41, 5.74) is 2.41. The molecular formula is C34H30N2O4S. The van der Waals surface area contributed by atoms with Gasteiger partial charge < -0.3 is 9.47 Å². The largest absolute Gasteiger partial charge is 0.493 e. The van der Waals surface area contributed by atoms with Crippen molar-refractivity contribution < 1.29 is 14.3 Å². The van der Waals surface area contributed by atoms with E-state index >= 15 is 0 Å². The Balaban J connectivity index is 1.63. The number of nitrogens with zero attached hydrogens (tertiary/aromatic N) is 2. The van der Waals surface area contributed by atoms with Crippen molar-refractivity contribution in [3.05, 3.63) is 121 Å². The van der Waals surface area contributed by atoms with Gasteiger partial charge in [0, 0.05) is 5.56 Å². The first-order valence-corrected chi connectivity index (χ1v) is 14.6. The van der Waals surface area contributed by atoms with Crippen LogP contribution in [0.1, 0.15) is 44.4 Å². The highest BCUT2D eigenvalue weighted by Gasteiger charge is 2.34. The molecule has 1 aliphatic rings. The molecule has 5 aromatic rings. The van der Waals surface area contributed by atoms with Gasteiger partial charge in [-0.15, -0.1) is 0 Å². The molecule has 0 N–H and O–H groups in total. The van der Waals surface area contributed by atoms with E-state index in [1.807, 2.05) is 91.9 Å². The van der Waals surface area contributed by atoms with E-state index in [2.05, 4.69) is 6.92 Å². The molecule has 2 heterocycles. The van der Waals surface area contributed by atoms with E-state index in [1.165, 1.54) is 11.3 Å². The summed E-state index contributed by atoms with van der Waals surface area (Å²) in [4.78, 5) is 33.0. The Morgan fingerprint density at radius 1 is 0.951 bits per heavy atom. The lowest BCUT2D eigenvalue weighted by molar-refractivity contribution is -0.139. The lowest BCUT2D eigenvalue weighted by Crippen LogP contribution is -2.40. The van der Waals surface area contributed by atoms with Crippen molar-refractivity contribution in [2.45, 2.75) is 33.2 Å². The molecule has 6 rings (SSSR count). The fraction of sp³-hybridized carbons (Fsp3) is 0.206. The smallest absolute Gasteiger partial charge is 0.338 e. The number of aromatic nitrogens is 1. The van der Waals surface area contributed by atoms with Gasteiger partial charge in [0.05, 0.1) is 35.1 Å². The van der Waals surface area contributed by atoms with Gasteiger partial charge >= 0.3 is 5.97 Å². The van der Waals surface area contributed by atoms with Crippen LogP contribution in [0.4, 0.5) is 0 Å². The van der Waals surface area contributed by atoms with Crippen molar-refractivity contribution in [1.82, 2.24) is 4.57 Å². The zero-order valence-electron chi connectivity index (χ0n) is 23.2. The molecule has 0 aliphatic carbocycles. The van der Waals surface area contributed by atoms with Gasteiger partial charge in [-0.2, -0.15) is 0 Å². The molecule has 6 nitrogen and oxygen atoms in total. The molecule has 0 amide bonds. The Kier molecular flexibility index (Phi) is 7.28. The molecule has 0 fully saturated rings. The maximum atomic E-state index is 14.3. The molecule has 0 saturated heterocycles. The van der Waals surface area contributed by atoms with Gasteiger partial charge in [-0.05, 0) is 59.5 Å². The van der Waals surface area contributed by atoms with E-state index in [0.717, 1.165) is 44.8 Å². The number of hydrogen-bond acceptors (Lipinski definition) is 6. The minimum atomic E-state index is -0.679. The number of esters is 1. The number of allylic oxidation sites excluding steroid dienone is 1. The number of rotatable bonds is 7. The third-order valence-corrected chi connectivity index (χ3v) is 8.29. The Morgan fingerprint density at radius 3 is 2.41 bits per heavy atom. The Bertz CT molecular complexity index is 2010. The SMILES string of the molecule is CCCOc1ccc2ccccc2c1/C=c1/sc2n(c1=O)[C@H](c1cccc3ccccc13)C(C(=O)OCC)=C(C)N=2. The second kappa shape index (κ2) is 11.2. The number of carbonyl (C=O) groups is 1. The molecule has 0 spiro atoms. The van der Waals surface area contributed by atoms with Crippen LogP contribution in [0.15, 0.2) is 99.9 Å². The predicted molar refractivity (Wildman–Crippen MR) is 164 cm³/mol. The molecule has 206 valence electrons. The standard InChI is InChI=1S/C34H30N2O4S/c1-4-19-40-28-18-17-23-12-7-9-15-25(23)27(28)20-29-32(37)36-31(26-16-10-13-22-11-6-8-14-24(22)26)30(33(38)39-5-2)21(3)35-34(36)41-29/h6-18,20,31H,4-5,19H2,1-3H3/b29-20+/t31-/m1/s1. The minimum absolute atomic E-state index is 0.213. The van der Waals surface area contributed by atoms with Crippen molar-refractivity contribution >= 4 is 44.9 Å². The van der Waals surface area contributed by atoms with Crippen molar-refractivity contribution in [1.29, 1.82) is 0 Å². The first-order valence-electron chi connectivity index (χ1n) is 13.8. The fourth-order valence-corrected chi connectivity index (χ4v) is 6.50. The van der Waals surface area contributed by atoms with Crippen LogP contribution in [-0.4, -0.2) is 23.8 Å². The Morgan fingerprint density at radius 2 is 1.66 bits per heavy atom. The van der Waals surface area contributed by atoms with Gasteiger partial charge in [-0.1, -0.05) is 91.1 Å². The van der Waals surface area contributed by atoms with Gasteiger partial charge in [0.25, 0.3) is 5.56 Å². The predicted octanol–water partition coefficient (Wildman–Crippen LogP) is 5.89. The van der Waals surface area contributed by atoms with Crippen LogP contribution >= 0.6 is 11.3 Å². The molecule has 7 heteroatoms. The molecule has 41 heavy (non-hydrogen) atoms. The van der Waals surface area contributed by atoms with E-state index in [9.17, 15) is 9.59 Å². The second-order valence-corrected chi connectivity index (χ2v) is 10.9. The average molecular weight is 563 g/mol. The molecule has 4 aromatic carbocycles. The second-order valence-electron chi connectivity index (χ2n) is 9.92. The summed E-state index contributed by atoms with van der Waals surface area (Å²) in [7, 11) is 0. The summed E-state index contributed by atoms with van der Waals surface area (Å²) >= 11 is 1.32. The monoisotopic (exact) mass is 562 g/mol. The molecule has 0 radical (unpaired) electrons. The van der Waals surface area contributed by atoms with Crippen molar-refractivity contribution in [2.24, 2.45) is 4.99 Å². The average Bonchev–Trinajstić information content (AvgIpc) is 3.29. The summed E-state index contributed by atoms with van der Waals surface area (Å²) in [5.74, 6) is 0.260. The first kappa shape index (κ1) is 26.7. The van der Waals surface area contributed by atoms with Crippen molar-refractivity contribution in [3.63, 3.8) is 0 Å². The third kappa shape index (κ3) is 4.76. The van der Waals surface area contributed by atoms with Gasteiger partial charge in [-0.3, -0.25) is 9.36 Å². The van der Waals surface area contributed by atoms with Crippen LogP contribution in [0.5, 0.6) is 5.75 Å². The number of hydrogen-bond donors (Lipinski definition) is 0. The van der Waals surface area contributed by atoms with E-state index in [-0.39, 0.29) is 12.2 Å². The van der Waals surface area contributed by atoms with E-state index < -0.39 is 12.0 Å². The van der Waals surface area contributed by atoms with Crippen molar-refractivity contribution in [3.8, 4) is 5.75 Å². The van der Waals surface area contributed by atoms with Crippen LogP contribution in [-0.2, 0) is 9.53 Å². The van der Waals surface area contributed by atoms with Gasteiger partial charge in [0.1, 0.15) is 5.75 Å². The highest BCUT2D eigenvalue weighted by Crippen LogP contribution is 2.35. The topological polar surface area (TPSA) is 69.9 Å². The van der Waals surface area contributed by atoms with E-state index in [1.54, 1.807) is 11.5 Å². The van der Waals surface area contributed by atoms with Gasteiger partial charge in [0.2, 0.25) is 0 Å². The van der Waals surface area contributed by atoms with Crippen LogP contribution in [0, 0.1) is 0 Å². The lowest BCUT2D eigenvalue weighted by atomic mass is 9.91. The third-order valence-electron chi connectivity index (χ3n) is 7.30. The fourth-order valence-electron chi connectivity index (χ4n) is 5.47. The van der Waals surface area contributed by atoms with E-state index in [4.69, 9.17) is 14.5 Å².